The highest BCUT2D eigenvalue weighted by atomic mass is 32.1. The highest BCUT2D eigenvalue weighted by Crippen LogP contribution is 2.30. The fourth-order valence-electron chi connectivity index (χ4n) is 1.61. The van der Waals surface area contributed by atoms with Gasteiger partial charge in [-0.25, -0.2) is 8.78 Å². The number of hydrogen-bond donors (Lipinski definition) is 2. The van der Waals surface area contributed by atoms with Crippen molar-refractivity contribution in [3.05, 3.63) is 56.3 Å². The van der Waals surface area contributed by atoms with E-state index in [0.29, 0.717) is 10.9 Å². The molecule has 0 aliphatic rings. The fourth-order valence-corrected chi connectivity index (χ4v) is 2.33. The lowest BCUT2D eigenvalue weighted by atomic mass is 10.2. The van der Waals surface area contributed by atoms with Gasteiger partial charge in [-0.05, 0) is 17.5 Å². The number of thiophene rings is 1. The number of nitrogens with one attached hydrogen (secondary N) is 1. The van der Waals surface area contributed by atoms with E-state index in [1.165, 1.54) is 11.3 Å². The molecule has 2 rings (SSSR count). The minimum Gasteiger partial charge on any atom is -0.316 e. The molecular weight excluding hydrogens is 304 g/mol. The van der Waals surface area contributed by atoms with Crippen LogP contribution < -0.4 is 11.1 Å². The zero-order chi connectivity index (χ0) is 15.6. The minimum absolute atomic E-state index is 0.493. The maximum Gasteiger partial charge on any atom is 0.296 e. The van der Waals surface area contributed by atoms with Gasteiger partial charge in [0.05, 0.1) is 4.92 Å². The van der Waals surface area contributed by atoms with Crippen LogP contribution >= 0.6 is 11.3 Å². The predicted molar refractivity (Wildman–Crippen MR) is 72.9 cm³/mol. The number of nitrogens with zero attached hydrogens (tertiary/aromatic N) is 1. The molecule has 1 atom stereocenters. The van der Waals surface area contributed by atoms with Gasteiger partial charge in [-0.15, -0.1) is 11.3 Å². The van der Waals surface area contributed by atoms with E-state index >= 15 is 0 Å². The molecule has 6 nitrogen and oxygen atoms in total. The van der Waals surface area contributed by atoms with Crippen molar-refractivity contribution < 1.29 is 18.5 Å². The lowest BCUT2D eigenvalue weighted by Crippen LogP contribution is -2.27. The van der Waals surface area contributed by atoms with Crippen LogP contribution in [0.1, 0.15) is 10.9 Å². The molecule has 21 heavy (non-hydrogen) atoms. The first-order chi connectivity index (χ1) is 9.91. The monoisotopic (exact) mass is 313 g/mol. The Bertz CT molecular complexity index is 691. The molecule has 0 aliphatic heterocycles. The number of benzene rings is 1. The molecule has 0 spiro atoms. The number of carbonyl (C=O) groups is 1. The first-order valence-corrected chi connectivity index (χ1v) is 6.52. The van der Waals surface area contributed by atoms with E-state index in [9.17, 15) is 23.7 Å². The Balaban J connectivity index is 2.33. The molecule has 0 bridgehead atoms. The molecule has 1 aromatic carbocycles. The van der Waals surface area contributed by atoms with Gasteiger partial charge < -0.3 is 11.1 Å². The molecule has 110 valence electrons. The van der Waals surface area contributed by atoms with Crippen molar-refractivity contribution in [2.24, 2.45) is 5.73 Å². The van der Waals surface area contributed by atoms with Gasteiger partial charge in [-0.1, -0.05) is 6.07 Å². The Morgan fingerprint density at radius 1 is 1.38 bits per heavy atom. The van der Waals surface area contributed by atoms with E-state index in [0.717, 1.165) is 6.07 Å². The number of nitro benzene ring substituents is 1. The van der Waals surface area contributed by atoms with Crippen molar-refractivity contribution in [2.75, 3.05) is 5.32 Å². The molecule has 1 heterocycles. The van der Waals surface area contributed by atoms with Crippen LogP contribution in [0, 0.1) is 21.7 Å². The average Bonchev–Trinajstić information content (AvgIpc) is 2.96. The molecule has 1 aromatic heterocycles. The van der Waals surface area contributed by atoms with Gasteiger partial charge in [-0.2, -0.15) is 0 Å². The maximum absolute atomic E-state index is 13.7. The zero-order valence-electron chi connectivity index (χ0n) is 10.4. The normalized spacial score (nSPS) is 12.0. The number of amides is 1. The van der Waals surface area contributed by atoms with Crippen LogP contribution in [0.4, 0.5) is 20.2 Å². The molecule has 0 aliphatic carbocycles. The molecular formula is C12H9F2N3O3S. The molecule has 0 saturated carbocycles. The standard InChI is InChI=1S/C12H9F2N3O3S/c13-6-3-4-7(17(19)20)11(9(6)14)16-12(18)10(15)8-2-1-5-21-8/h1-5,10H,15H2,(H,16,18). The first-order valence-electron chi connectivity index (χ1n) is 5.64. The van der Waals surface area contributed by atoms with Crippen LogP contribution in [-0.2, 0) is 4.79 Å². The van der Waals surface area contributed by atoms with Gasteiger partial charge in [0.1, 0.15) is 6.04 Å². The first kappa shape index (κ1) is 15.0. The lowest BCUT2D eigenvalue weighted by molar-refractivity contribution is -0.384. The van der Waals surface area contributed by atoms with Crippen LogP contribution in [0.2, 0.25) is 0 Å². The fraction of sp³-hybridized carbons (Fsp3) is 0.0833. The minimum atomic E-state index is -1.50. The Hall–Kier alpha value is -2.39. The largest absolute Gasteiger partial charge is 0.316 e. The summed E-state index contributed by atoms with van der Waals surface area (Å²) >= 11 is 1.20. The van der Waals surface area contributed by atoms with Crippen LogP contribution in [0.15, 0.2) is 29.6 Å². The number of carbonyl (C=O) groups excluding carboxylic acids is 1. The van der Waals surface area contributed by atoms with E-state index in [2.05, 4.69) is 0 Å². The topological polar surface area (TPSA) is 98.3 Å². The summed E-state index contributed by atoms with van der Waals surface area (Å²) in [6.45, 7) is 0. The summed E-state index contributed by atoms with van der Waals surface area (Å²) in [6, 6.07) is 3.50. The van der Waals surface area contributed by atoms with Gasteiger partial charge in [-0.3, -0.25) is 14.9 Å². The third-order valence-electron chi connectivity index (χ3n) is 2.65. The second-order valence-electron chi connectivity index (χ2n) is 3.99. The summed E-state index contributed by atoms with van der Waals surface area (Å²) in [5.74, 6) is -3.68. The number of anilines is 1. The number of hydrogen-bond acceptors (Lipinski definition) is 5. The van der Waals surface area contributed by atoms with Crippen LogP contribution in [0.5, 0.6) is 0 Å². The highest BCUT2D eigenvalue weighted by molar-refractivity contribution is 7.10. The molecule has 1 unspecified atom stereocenters. The summed E-state index contributed by atoms with van der Waals surface area (Å²) in [6.07, 6.45) is 0. The number of nitrogens with two attached hydrogens (primary N) is 1. The van der Waals surface area contributed by atoms with Crippen molar-refractivity contribution in [3.63, 3.8) is 0 Å². The van der Waals surface area contributed by atoms with Crippen molar-refractivity contribution in [2.45, 2.75) is 6.04 Å². The van der Waals surface area contributed by atoms with Gasteiger partial charge in [0.2, 0.25) is 5.91 Å². The summed E-state index contributed by atoms with van der Waals surface area (Å²) < 4.78 is 26.8. The maximum atomic E-state index is 13.7. The summed E-state index contributed by atoms with van der Waals surface area (Å²) in [5.41, 5.74) is 4.07. The molecule has 2 aromatic rings. The Morgan fingerprint density at radius 3 is 2.67 bits per heavy atom. The van der Waals surface area contributed by atoms with Crippen LogP contribution in [0.25, 0.3) is 0 Å². The summed E-state index contributed by atoms with van der Waals surface area (Å²) in [5, 5.41) is 14.5. The van der Waals surface area contributed by atoms with Crippen LogP contribution in [-0.4, -0.2) is 10.8 Å². The average molecular weight is 313 g/mol. The second-order valence-corrected chi connectivity index (χ2v) is 4.97. The molecule has 1 amide bonds. The van der Waals surface area contributed by atoms with E-state index in [1.807, 2.05) is 5.32 Å². The van der Waals surface area contributed by atoms with Gasteiger partial charge >= 0.3 is 0 Å². The summed E-state index contributed by atoms with van der Waals surface area (Å²) in [4.78, 5) is 22.3. The summed E-state index contributed by atoms with van der Waals surface area (Å²) in [7, 11) is 0. The van der Waals surface area contributed by atoms with Gasteiger partial charge in [0.15, 0.2) is 17.3 Å². The quantitative estimate of drug-likeness (QED) is 0.669. The van der Waals surface area contributed by atoms with Crippen molar-refractivity contribution in [3.8, 4) is 0 Å². The Kier molecular flexibility index (Phi) is 4.24. The molecule has 9 heteroatoms. The Morgan fingerprint density at radius 2 is 2.10 bits per heavy atom. The number of nitro groups is 1. The van der Waals surface area contributed by atoms with Gasteiger partial charge in [0.25, 0.3) is 5.69 Å². The van der Waals surface area contributed by atoms with Gasteiger partial charge in [0, 0.05) is 10.9 Å². The third kappa shape index (κ3) is 3.03. The van der Waals surface area contributed by atoms with Crippen molar-refractivity contribution in [1.29, 1.82) is 0 Å². The van der Waals surface area contributed by atoms with Crippen molar-refractivity contribution in [1.82, 2.24) is 0 Å². The number of halogens is 2. The lowest BCUT2D eigenvalue weighted by Gasteiger charge is -2.11. The Labute approximate surface area is 121 Å². The second kappa shape index (κ2) is 5.94. The van der Waals surface area contributed by atoms with E-state index < -0.39 is 39.9 Å². The SMILES string of the molecule is NC(C(=O)Nc1c([N+](=O)[O-])ccc(F)c1F)c1cccs1. The smallest absolute Gasteiger partial charge is 0.296 e. The third-order valence-corrected chi connectivity index (χ3v) is 3.61. The van der Waals surface area contributed by atoms with E-state index in [1.54, 1.807) is 17.5 Å². The zero-order valence-corrected chi connectivity index (χ0v) is 11.2. The number of rotatable bonds is 4. The van der Waals surface area contributed by atoms with E-state index in [-0.39, 0.29) is 0 Å². The highest BCUT2D eigenvalue weighted by Gasteiger charge is 2.26. The molecule has 3 N–H and O–H groups in total. The molecule has 0 radical (unpaired) electrons. The molecule has 0 fully saturated rings. The van der Waals surface area contributed by atoms with Crippen LogP contribution in [0.3, 0.4) is 0 Å². The molecule has 0 saturated heterocycles. The van der Waals surface area contributed by atoms with Crippen molar-refractivity contribution >= 4 is 28.6 Å². The predicted octanol–water partition coefficient (Wildman–Crippen LogP) is 2.57. The van der Waals surface area contributed by atoms with E-state index in [4.69, 9.17) is 5.73 Å².